The van der Waals surface area contributed by atoms with E-state index in [1.54, 1.807) is 12.1 Å². The molecule has 1 N–H and O–H groups in total. The van der Waals surface area contributed by atoms with Crippen molar-refractivity contribution in [3.8, 4) is 17.0 Å². The second-order valence-electron chi connectivity index (χ2n) is 6.65. The average Bonchev–Trinajstić information content (AvgIpc) is 2.76. The lowest BCUT2D eigenvalue weighted by Crippen LogP contribution is -2.19. The molecule has 3 rings (SSSR count). The predicted octanol–water partition coefficient (Wildman–Crippen LogP) is 5.41. The van der Waals surface area contributed by atoms with Crippen LogP contribution in [0.1, 0.15) is 16.7 Å². The van der Waals surface area contributed by atoms with E-state index in [1.165, 1.54) is 25.4 Å². The topological polar surface area (TPSA) is 67.6 Å². The van der Waals surface area contributed by atoms with E-state index in [9.17, 15) is 13.2 Å². The van der Waals surface area contributed by atoms with Gasteiger partial charge >= 0.3 is 6.43 Å². The van der Waals surface area contributed by atoms with Gasteiger partial charge in [0.05, 0.1) is 0 Å². The molecule has 5 nitrogen and oxygen atoms in total. The van der Waals surface area contributed by atoms with Crippen molar-refractivity contribution in [2.75, 3.05) is 7.05 Å². The maximum absolute atomic E-state index is 14.3. The minimum atomic E-state index is -3.11. The Labute approximate surface area is 177 Å². The quantitative estimate of drug-likeness (QED) is 0.422. The number of nitrogens with zero attached hydrogens (tertiary/aromatic N) is 2. The fourth-order valence-electron chi connectivity index (χ4n) is 2.80. The van der Waals surface area contributed by atoms with Gasteiger partial charge in [-0.05, 0) is 42.8 Å². The van der Waals surface area contributed by atoms with Gasteiger partial charge in [0.15, 0.2) is 0 Å². The molecule has 0 aliphatic rings. The molecule has 160 valence electrons. The lowest BCUT2D eigenvalue weighted by Gasteiger charge is -2.13. The Bertz CT molecular complexity index is 1100. The zero-order valence-corrected chi connectivity index (χ0v) is 16.9. The van der Waals surface area contributed by atoms with Crippen molar-refractivity contribution in [2.24, 2.45) is 4.99 Å². The number of aliphatic imine (C=N–C) groups is 1. The fraction of sp³-hybridized carbons (Fsp3) is 0.174. The monoisotopic (exact) mass is 427 g/mol. The highest BCUT2D eigenvalue weighted by Crippen LogP contribution is 2.30. The summed E-state index contributed by atoms with van der Waals surface area (Å²) in [6, 6.07) is 15.1. The van der Waals surface area contributed by atoms with Gasteiger partial charge in [0, 0.05) is 24.4 Å². The van der Waals surface area contributed by atoms with Gasteiger partial charge in [0.25, 0.3) is 5.90 Å². The third-order valence-electron chi connectivity index (χ3n) is 4.31. The Morgan fingerprint density at radius 1 is 1.13 bits per heavy atom. The second kappa shape index (κ2) is 9.88. The number of rotatable bonds is 6. The summed E-state index contributed by atoms with van der Waals surface area (Å²) in [5, 5.41) is 7.20. The Hall–Kier alpha value is -3.68. The first-order valence-corrected chi connectivity index (χ1v) is 9.33. The van der Waals surface area contributed by atoms with Crippen LogP contribution in [0.5, 0.6) is 5.75 Å². The van der Waals surface area contributed by atoms with E-state index in [4.69, 9.17) is 14.9 Å². The van der Waals surface area contributed by atoms with Gasteiger partial charge < -0.3 is 9.47 Å². The molecule has 0 spiro atoms. The van der Waals surface area contributed by atoms with E-state index in [2.05, 4.69) is 9.98 Å². The summed E-state index contributed by atoms with van der Waals surface area (Å²) in [4.78, 5) is 8.06. The van der Waals surface area contributed by atoms with Gasteiger partial charge in [-0.1, -0.05) is 29.8 Å². The van der Waals surface area contributed by atoms with Gasteiger partial charge in [0.1, 0.15) is 23.9 Å². The van der Waals surface area contributed by atoms with E-state index in [0.717, 1.165) is 17.2 Å². The van der Waals surface area contributed by atoms with Crippen molar-refractivity contribution in [3.05, 3.63) is 83.3 Å². The van der Waals surface area contributed by atoms with Crippen molar-refractivity contribution < 1.29 is 22.6 Å². The largest absolute Gasteiger partial charge is 0.487 e. The number of hydrogen-bond donors (Lipinski definition) is 1. The van der Waals surface area contributed by atoms with Crippen LogP contribution in [-0.2, 0) is 11.3 Å². The molecule has 0 atom stereocenters. The van der Waals surface area contributed by atoms with Gasteiger partial charge in [0.2, 0.25) is 5.90 Å². The number of ether oxygens (including phenoxy) is 2. The maximum atomic E-state index is 14.3. The highest BCUT2D eigenvalue weighted by molar-refractivity contribution is 6.02. The molecule has 0 amide bonds. The molecular weight excluding hydrogens is 407 g/mol. The molecule has 0 aliphatic heterocycles. The summed E-state index contributed by atoms with van der Waals surface area (Å²) in [5.41, 5.74) is 2.91. The number of pyridine rings is 1. The van der Waals surface area contributed by atoms with Crippen molar-refractivity contribution in [1.29, 1.82) is 5.41 Å². The molecule has 1 aromatic heterocycles. The minimum Gasteiger partial charge on any atom is -0.487 e. The molecule has 2 aromatic carbocycles. The van der Waals surface area contributed by atoms with Crippen LogP contribution < -0.4 is 4.74 Å². The molecule has 0 saturated heterocycles. The molecular formula is C23H20F3N3O2. The van der Waals surface area contributed by atoms with Crippen LogP contribution in [0.2, 0.25) is 0 Å². The normalized spacial score (nSPS) is 11.5. The smallest absolute Gasteiger partial charge is 0.312 e. The fourth-order valence-corrected chi connectivity index (χ4v) is 2.80. The number of nitrogens with one attached hydrogen (secondary N) is 1. The third-order valence-corrected chi connectivity index (χ3v) is 4.31. The van der Waals surface area contributed by atoms with Gasteiger partial charge in [-0.3, -0.25) is 15.4 Å². The molecule has 1 heterocycles. The Balaban J connectivity index is 1.90. The molecule has 0 radical (unpaired) electrons. The number of benzene rings is 2. The lowest BCUT2D eigenvalue weighted by molar-refractivity contribution is 0.198. The highest BCUT2D eigenvalue weighted by Gasteiger charge is 2.19. The zero-order chi connectivity index (χ0) is 22.4. The molecule has 0 unspecified atom stereocenters. The predicted molar refractivity (Wildman–Crippen MR) is 112 cm³/mol. The first kappa shape index (κ1) is 22.0. The van der Waals surface area contributed by atoms with E-state index >= 15 is 0 Å². The second-order valence-corrected chi connectivity index (χ2v) is 6.65. The molecule has 0 fully saturated rings. The first-order valence-electron chi connectivity index (χ1n) is 9.33. The van der Waals surface area contributed by atoms with Crippen LogP contribution >= 0.6 is 0 Å². The summed E-state index contributed by atoms with van der Waals surface area (Å²) < 4.78 is 50.4. The lowest BCUT2D eigenvalue weighted by atomic mass is 10.1. The maximum Gasteiger partial charge on any atom is 0.312 e. The molecule has 0 bridgehead atoms. The van der Waals surface area contributed by atoms with Crippen molar-refractivity contribution in [1.82, 2.24) is 4.98 Å². The van der Waals surface area contributed by atoms with E-state index in [-0.39, 0.29) is 18.1 Å². The molecule has 8 heteroatoms. The van der Waals surface area contributed by atoms with Crippen molar-refractivity contribution in [3.63, 3.8) is 0 Å². The van der Waals surface area contributed by atoms with Crippen molar-refractivity contribution in [2.45, 2.75) is 20.0 Å². The van der Waals surface area contributed by atoms with Crippen LogP contribution in [-0.4, -0.2) is 30.3 Å². The number of alkyl halides is 2. The van der Waals surface area contributed by atoms with E-state index < -0.39 is 18.1 Å². The Morgan fingerprint density at radius 3 is 2.55 bits per heavy atom. The van der Waals surface area contributed by atoms with E-state index in [0.29, 0.717) is 17.0 Å². The van der Waals surface area contributed by atoms with Gasteiger partial charge in [-0.25, -0.2) is 4.39 Å². The average molecular weight is 427 g/mol. The summed E-state index contributed by atoms with van der Waals surface area (Å²) in [7, 11) is 1.30. The van der Waals surface area contributed by atoms with Crippen LogP contribution in [0.4, 0.5) is 13.2 Å². The number of halogens is 3. The summed E-state index contributed by atoms with van der Waals surface area (Å²) in [5.74, 6) is -1.79. The summed E-state index contributed by atoms with van der Waals surface area (Å²) in [6.07, 6.45) is -1.57. The van der Waals surface area contributed by atoms with E-state index in [1.807, 2.05) is 31.2 Å². The van der Waals surface area contributed by atoms with Crippen LogP contribution in [0.3, 0.4) is 0 Å². The van der Waals surface area contributed by atoms with Crippen LogP contribution in [0, 0.1) is 18.2 Å². The Kier molecular flexibility index (Phi) is 7.02. The third kappa shape index (κ3) is 5.69. The number of aryl methyl sites for hydroxylation is 1. The van der Waals surface area contributed by atoms with Gasteiger partial charge in [-0.2, -0.15) is 8.78 Å². The molecule has 0 saturated carbocycles. The Morgan fingerprint density at radius 2 is 1.87 bits per heavy atom. The summed E-state index contributed by atoms with van der Waals surface area (Å²) in [6.45, 7) is 2.28. The SMILES string of the molecule is CN=C(OC(=N)C(F)F)c1cc(F)cc(-c2ncccc2OCc2ccc(C)cc2)c1. The molecule has 31 heavy (non-hydrogen) atoms. The number of aromatic nitrogens is 1. The van der Waals surface area contributed by atoms with Gasteiger partial charge in [-0.15, -0.1) is 0 Å². The standard InChI is InChI=1S/C23H20F3N3O2/c1-14-5-7-15(8-6-14)13-30-19-4-3-9-29-20(19)16-10-17(12-18(24)11-16)23(28-2)31-22(27)21(25)26/h3-12,21,27H,13H2,1-2H3. The minimum absolute atomic E-state index is 0.0954. The molecule has 3 aromatic rings. The molecule has 0 aliphatic carbocycles. The first-order chi connectivity index (χ1) is 14.9. The highest BCUT2D eigenvalue weighted by atomic mass is 19.3. The number of hydrogen-bond acceptors (Lipinski definition) is 5. The van der Waals surface area contributed by atoms with Crippen LogP contribution in [0.25, 0.3) is 11.3 Å². The van der Waals surface area contributed by atoms with Crippen molar-refractivity contribution >= 4 is 11.8 Å². The zero-order valence-electron chi connectivity index (χ0n) is 16.9. The summed E-state index contributed by atoms with van der Waals surface area (Å²) >= 11 is 0. The van der Waals surface area contributed by atoms with Crippen LogP contribution in [0.15, 0.2) is 65.8 Å².